The molecule has 0 radical (unpaired) electrons. The van der Waals surface area contributed by atoms with Gasteiger partial charge in [0.15, 0.2) is 0 Å². The van der Waals surface area contributed by atoms with E-state index < -0.39 is 0 Å². The van der Waals surface area contributed by atoms with E-state index >= 15 is 0 Å². The molecule has 2 N–H and O–H groups in total. The molecule has 0 heterocycles. The summed E-state index contributed by atoms with van der Waals surface area (Å²) in [5, 5.41) is 0. The number of nitrogens with two attached hydrogens (primary N) is 1. The van der Waals surface area contributed by atoms with Gasteiger partial charge in [-0.3, -0.25) is 0 Å². The summed E-state index contributed by atoms with van der Waals surface area (Å²) in [5.74, 6) is 0.837. The maximum Gasteiger partial charge on any atom is 0.119 e. The van der Waals surface area contributed by atoms with E-state index in [2.05, 4.69) is 22.5 Å². The molecular formula is C13H18BrNO. The average molecular weight is 284 g/mol. The maximum absolute atomic E-state index is 6.14. The van der Waals surface area contributed by atoms with Gasteiger partial charge in [-0.05, 0) is 43.5 Å². The van der Waals surface area contributed by atoms with Crippen molar-refractivity contribution in [2.75, 3.05) is 7.11 Å². The molecule has 1 atom stereocenters. The SMILES string of the molecule is C=C(C)CCC(N)c1cc(OC)ccc1Br. The van der Waals surface area contributed by atoms with Crippen LogP contribution in [-0.2, 0) is 0 Å². The molecular weight excluding hydrogens is 266 g/mol. The van der Waals surface area contributed by atoms with Gasteiger partial charge in [-0.15, -0.1) is 6.58 Å². The molecule has 16 heavy (non-hydrogen) atoms. The zero-order chi connectivity index (χ0) is 12.1. The van der Waals surface area contributed by atoms with Gasteiger partial charge in [0.1, 0.15) is 5.75 Å². The molecule has 1 aromatic carbocycles. The standard InChI is InChI=1S/C13H18BrNO/c1-9(2)4-7-13(15)11-8-10(16-3)5-6-12(11)14/h5-6,8,13H,1,4,7,15H2,2-3H3. The van der Waals surface area contributed by atoms with Gasteiger partial charge in [0.2, 0.25) is 0 Å². The molecule has 1 rings (SSSR count). The highest BCUT2D eigenvalue weighted by Crippen LogP contribution is 2.29. The van der Waals surface area contributed by atoms with Crippen molar-refractivity contribution in [3.8, 4) is 5.75 Å². The Labute approximate surface area is 106 Å². The van der Waals surface area contributed by atoms with Crippen molar-refractivity contribution in [1.29, 1.82) is 0 Å². The van der Waals surface area contributed by atoms with E-state index in [0.717, 1.165) is 34.2 Å². The van der Waals surface area contributed by atoms with Crippen molar-refractivity contribution in [3.05, 3.63) is 40.4 Å². The molecule has 0 aliphatic heterocycles. The number of hydrogen-bond acceptors (Lipinski definition) is 2. The Hall–Kier alpha value is -0.800. The Kier molecular flexibility index (Phi) is 5.03. The highest BCUT2D eigenvalue weighted by molar-refractivity contribution is 9.10. The molecule has 0 aromatic heterocycles. The molecule has 0 fully saturated rings. The summed E-state index contributed by atoms with van der Waals surface area (Å²) < 4.78 is 6.22. The molecule has 3 heteroatoms. The minimum Gasteiger partial charge on any atom is -0.497 e. The Bertz CT molecular complexity index is 376. The molecule has 0 aliphatic carbocycles. The van der Waals surface area contributed by atoms with E-state index in [1.54, 1.807) is 7.11 Å². The number of allylic oxidation sites excluding steroid dienone is 1. The largest absolute Gasteiger partial charge is 0.497 e. The van der Waals surface area contributed by atoms with Gasteiger partial charge in [-0.2, -0.15) is 0 Å². The number of methoxy groups -OCH3 is 1. The lowest BCUT2D eigenvalue weighted by Crippen LogP contribution is -2.11. The predicted octanol–water partition coefficient (Wildman–Crippen LogP) is 3.81. The quantitative estimate of drug-likeness (QED) is 0.834. The van der Waals surface area contributed by atoms with Gasteiger partial charge in [-0.1, -0.05) is 21.5 Å². The van der Waals surface area contributed by atoms with Gasteiger partial charge < -0.3 is 10.5 Å². The number of benzene rings is 1. The Balaban J connectivity index is 2.80. The fourth-order valence-corrected chi connectivity index (χ4v) is 2.03. The van der Waals surface area contributed by atoms with Gasteiger partial charge in [0, 0.05) is 10.5 Å². The summed E-state index contributed by atoms with van der Waals surface area (Å²) in [6.07, 6.45) is 1.85. The van der Waals surface area contributed by atoms with Crippen molar-refractivity contribution < 1.29 is 4.74 Å². The van der Waals surface area contributed by atoms with Crippen LogP contribution in [0.2, 0.25) is 0 Å². The Morgan fingerprint density at radius 1 is 1.56 bits per heavy atom. The minimum atomic E-state index is 0.0150. The van der Waals surface area contributed by atoms with E-state index in [-0.39, 0.29) is 6.04 Å². The number of ether oxygens (including phenoxy) is 1. The second kappa shape index (κ2) is 6.06. The minimum absolute atomic E-state index is 0.0150. The fraction of sp³-hybridized carbons (Fsp3) is 0.385. The summed E-state index contributed by atoms with van der Waals surface area (Å²) in [6, 6.07) is 5.88. The summed E-state index contributed by atoms with van der Waals surface area (Å²) in [4.78, 5) is 0. The van der Waals surface area contributed by atoms with E-state index in [9.17, 15) is 0 Å². The zero-order valence-electron chi connectivity index (χ0n) is 9.79. The van der Waals surface area contributed by atoms with E-state index in [1.165, 1.54) is 0 Å². The number of rotatable bonds is 5. The van der Waals surface area contributed by atoms with E-state index in [0.29, 0.717) is 0 Å². The van der Waals surface area contributed by atoms with Gasteiger partial charge >= 0.3 is 0 Å². The summed E-state index contributed by atoms with van der Waals surface area (Å²) in [5.41, 5.74) is 8.39. The third-order valence-corrected chi connectivity index (χ3v) is 3.21. The number of halogens is 1. The van der Waals surface area contributed by atoms with E-state index in [4.69, 9.17) is 10.5 Å². The summed E-state index contributed by atoms with van der Waals surface area (Å²) in [6.45, 7) is 5.91. The first kappa shape index (κ1) is 13.3. The Morgan fingerprint density at radius 3 is 2.81 bits per heavy atom. The highest BCUT2D eigenvalue weighted by atomic mass is 79.9. The van der Waals surface area contributed by atoms with Gasteiger partial charge in [-0.25, -0.2) is 0 Å². The summed E-state index contributed by atoms with van der Waals surface area (Å²) >= 11 is 3.51. The third kappa shape index (κ3) is 3.65. The van der Waals surface area contributed by atoms with Crippen molar-refractivity contribution in [2.45, 2.75) is 25.8 Å². The van der Waals surface area contributed by atoms with Crippen LogP contribution in [0.4, 0.5) is 0 Å². The fourth-order valence-electron chi connectivity index (χ4n) is 1.49. The topological polar surface area (TPSA) is 35.2 Å². The first-order valence-corrected chi connectivity index (χ1v) is 6.07. The molecule has 2 nitrogen and oxygen atoms in total. The Morgan fingerprint density at radius 2 is 2.25 bits per heavy atom. The predicted molar refractivity (Wildman–Crippen MR) is 71.7 cm³/mol. The van der Waals surface area contributed by atoms with Crippen LogP contribution >= 0.6 is 15.9 Å². The molecule has 88 valence electrons. The van der Waals surface area contributed by atoms with Gasteiger partial charge in [0.25, 0.3) is 0 Å². The molecule has 0 spiro atoms. The van der Waals surface area contributed by atoms with Crippen LogP contribution in [-0.4, -0.2) is 7.11 Å². The monoisotopic (exact) mass is 283 g/mol. The second-order valence-electron chi connectivity index (χ2n) is 3.99. The van der Waals surface area contributed by atoms with Crippen molar-refractivity contribution in [2.24, 2.45) is 5.73 Å². The normalized spacial score (nSPS) is 12.2. The smallest absolute Gasteiger partial charge is 0.119 e. The highest BCUT2D eigenvalue weighted by Gasteiger charge is 2.10. The van der Waals surface area contributed by atoms with Crippen molar-refractivity contribution >= 4 is 15.9 Å². The first-order valence-electron chi connectivity index (χ1n) is 5.28. The molecule has 1 unspecified atom stereocenters. The molecule has 1 aromatic rings. The van der Waals surface area contributed by atoms with Crippen LogP contribution in [0.3, 0.4) is 0 Å². The molecule has 0 saturated carbocycles. The van der Waals surface area contributed by atoms with Crippen molar-refractivity contribution in [1.82, 2.24) is 0 Å². The molecule has 0 saturated heterocycles. The lowest BCUT2D eigenvalue weighted by molar-refractivity contribution is 0.413. The molecule has 0 bridgehead atoms. The lowest BCUT2D eigenvalue weighted by Gasteiger charge is -2.15. The first-order chi connectivity index (χ1) is 7.54. The number of hydrogen-bond donors (Lipinski definition) is 1. The molecule has 0 aliphatic rings. The molecule has 0 amide bonds. The third-order valence-electron chi connectivity index (χ3n) is 2.48. The average Bonchev–Trinajstić information content (AvgIpc) is 2.26. The van der Waals surface area contributed by atoms with Gasteiger partial charge in [0.05, 0.1) is 7.11 Å². The van der Waals surface area contributed by atoms with Crippen LogP contribution in [0.15, 0.2) is 34.8 Å². The van der Waals surface area contributed by atoms with Crippen LogP contribution in [0, 0.1) is 0 Å². The van der Waals surface area contributed by atoms with Crippen LogP contribution in [0.1, 0.15) is 31.4 Å². The van der Waals surface area contributed by atoms with Crippen LogP contribution in [0.5, 0.6) is 5.75 Å². The summed E-state index contributed by atoms with van der Waals surface area (Å²) in [7, 11) is 1.66. The lowest BCUT2D eigenvalue weighted by atomic mass is 10.0. The zero-order valence-corrected chi connectivity index (χ0v) is 11.4. The van der Waals surface area contributed by atoms with Crippen LogP contribution in [0.25, 0.3) is 0 Å². The second-order valence-corrected chi connectivity index (χ2v) is 4.84. The van der Waals surface area contributed by atoms with Crippen LogP contribution < -0.4 is 10.5 Å². The van der Waals surface area contributed by atoms with E-state index in [1.807, 2.05) is 25.1 Å². The van der Waals surface area contributed by atoms with Crippen molar-refractivity contribution in [3.63, 3.8) is 0 Å². The maximum atomic E-state index is 6.14.